The Morgan fingerprint density at radius 1 is 0.867 bits per heavy atom. The molecular formula is C21H17BrN2O5S. The molecule has 1 aliphatic heterocycles. The van der Waals surface area contributed by atoms with Crippen LogP contribution in [0.4, 0.5) is 11.4 Å². The van der Waals surface area contributed by atoms with Crippen LogP contribution in [0.25, 0.3) is 0 Å². The molecule has 0 saturated heterocycles. The molecule has 0 radical (unpaired) electrons. The Bertz CT molecular complexity index is 1200. The van der Waals surface area contributed by atoms with E-state index < -0.39 is 15.9 Å². The molecule has 0 atom stereocenters. The lowest BCUT2D eigenvalue weighted by molar-refractivity contribution is 0.102. The lowest BCUT2D eigenvalue weighted by Gasteiger charge is -2.19. The Labute approximate surface area is 182 Å². The minimum Gasteiger partial charge on any atom is -0.486 e. The van der Waals surface area contributed by atoms with Crippen LogP contribution in [0.1, 0.15) is 10.4 Å². The van der Waals surface area contributed by atoms with Crippen LogP contribution in [-0.2, 0) is 10.0 Å². The first-order chi connectivity index (χ1) is 14.4. The summed E-state index contributed by atoms with van der Waals surface area (Å²) in [7, 11) is -3.85. The van der Waals surface area contributed by atoms with E-state index >= 15 is 0 Å². The molecule has 0 aliphatic carbocycles. The highest BCUT2D eigenvalue weighted by Crippen LogP contribution is 2.32. The molecule has 0 fully saturated rings. The maximum atomic E-state index is 12.7. The van der Waals surface area contributed by atoms with Crippen molar-refractivity contribution in [3.05, 3.63) is 76.8 Å². The molecule has 3 aromatic rings. The Morgan fingerprint density at radius 2 is 1.57 bits per heavy atom. The third-order valence-electron chi connectivity index (χ3n) is 4.30. The van der Waals surface area contributed by atoms with Gasteiger partial charge in [0.1, 0.15) is 13.2 Å². The second-order valence-electron chi connectivity index (χ2n) is 6.45. The highest BCUT2D eigenvalue weighted by Gasteiger charge is 2.18. The summed E-state index contributed by atoms with van der Waals surface area (Å²) in [6.45, 7) is 0.921. The van der Waals surface area contributed by atoms with E-state index in [1.807, 2.05) is 0 Å². The molecule has 0 spiro atoms. The van der Waals surface area contributed by atoms with Crippen molar-refractivity contribution >= 4 is 43.2 Å². The average molecular weight is 489 g/mol. The number of carbonyl (C=O) groups excluding carboxylic acids is 1. The average Bonchev–Trinajstić information content (AvgIpc) is 2.75. The van der Waals surface area contributed by atoms with Crippen LogP contribution in [0.2, 0.25) is 0 Å². The molecule has 0 bridgehead atoms. The van der Waals surface area contributed by atoms with Gasteiger partial charge in [-0.3, -0.25) is 9.52 Å². The third kappa shape index (κ3) is 4.58. The van der Waals surface area contributed by atoms with Gasteiger partial charge in [0.2, 0.25) is 0 Å². The molecule has 1 heterocycles. The maximum absolute atomic E-state index is 12.7. The van der Waals surface area contributed by atoms with Gasteiger partial charge in [-0.1, -0.05) is 22.0 Å². The summed E-state index contributed by atoms with van der Waals surface area (Å²) in [5.74, 6) is 0.729. The molecule has 0 unspecified atom stereocenters. The SMILES string of the molecule is O=C(Nc1ccc2c(c1)OCCO2)c1cccc(S(=O)(=O)Nc2ccc(Br)cc2)c1. The van der Waals surface area contributed by atoms with Gasteiger partial charge in [0.15, 0.2) is 11.5 Å². The number of carbonyl (C=O) groups is 1. The lowest BCUT2D eigenvalue weighted by Crippen LogP contribution is -2.17. The second kappa shape index (κ2) is 8.37. The number of ether oxygens (including phenoxy) is 2. The van der Waals surface area contributed by atoms with E-state index in [2.05, 4.69) is 26.0 Å². The number of nitrogens with one attached hydrogen (secondary N) is 2. The van der Waals surface area contributed by atoms with Crippen molar-refractivity contribution in [3.8, 4) is 11.5 Å². The van der Waals surface area contributed by atoms with Crippen molar-refractivity contribution < 1.29 is 22.7 Å². The Hall–Kier alpha value is -3.04. The number of benzene rings is 3. The summed E-state index contributed by atoms with van der Waals surface area (Å²) in [5, 5.41) is 2.75. The van der Waals surface area contributed by atoms with Crippen molar-refractivity contribution in [3.63, 3.8) is 0 Å². The summed E-state index contributed by atoms with van der Waals surface area (Å²) >= 11 is 3.31. The number of hydrogen-bond donors (Lipinski definition) is 2. The zero-order valence-electron chi connectivity index (χ0n) is 15.6. The predicted octanol–water partition coefficient (Wildman–Crippen LogP) is 4.27. The van der Waals surface area contributed by atoms with Gasteiger partial charge in [-0.05, 0) is 54.6 Å². The van der Waals surface area contributed by atoms with Crippen LogP contribution in [0.5, 0.6) is 11.5 Å². The normalized spacial score (nSPS) is 12.8. The van der Waals surface area contributed by atoms with Gasteiger partial charge in [0, 0.05) is 27.5 Å². The van der Waals surface area contributed by atoms with Crippen LogP contribution < -0.4 is 19.5 Å². The molecule has 7 nitrogen and oxygen atoms in total. The first kappa shape index (κ1) is 20.2. The van der Waals surface area contributed by atoms with Gasteiger partial charge in [-0.15, -0.1) is 0 Å². The molecular weight excluding hydrogens is 472 g/mol. The van der Waals surface area contributed by atoms with Crippen molar-refractivity contribution in [2.24, 2.45) is 0 Å². The number of sulfonamides is 1. The molecule has 30 heavy (non-hydrogen) atoms. The van der Waals surface area contributed by atoms with Gasteiger partial charge in [0.05, 0.1) is 4.90 Å². The largest absolute Gasteiger partial charge is 0.486 e. The van der Waals surface area contributed by atoms with E-state index in [1.165, 1.54) is 18.2 Å². The quantitative estimate of drug-likeness (QED) is 0.559. The summed E-state index contributed by atoms with van der Waals surface area (Å²) in [6.07, 6.45) is 0. The summed E-state index contributed by atoms with van der Waals surface area (Å²) in [5.41, 5.74) is 1.15. The number of fused-ring (bicyclic) bond motifs is 1. The van der Waals surface area contributed by atoms with Crippen molar-refractivity contribution in [2.75, 3.05) is 23.3 Å². The van der Waals surface area contributed by atoms with E-state index in [0.717, 1.165) is 4.47 Å². The summed E-state index contributed by atoms with van der Waals surface area (Å²) in [4.78, 5) is 12.6. The third-order valence-corrected chi connectivity index (χ3v) is 6.21. The highest BCUT2D eigenvalue weighted by atomic mass is 79.9. The first-order valence-corrected chi connectivity index (χ1v) is 11.3. The van der Waals surface area contributed by atoms with E-state index in [-0.39, 0.29) is 10.5 Å². The number of amides is 1. The van der Waals surface area contributed by atoms with E-state index in [4.69, 9.17) is 9.47 Å². The molecule has 2 N–H and O–H groups in total. The number of anilines is 2. The van der Waals surface area contributed by atoms with Gasteiger partial charge < -0.3 is 14.8 Å². The summed E-state index contributed by atoms with van der Waals surface area (Å²) in [6, 6.07) is 17.7. The van der Waals surface area contributed by atoms with E-state index in [0.29, 0.717) is 36.1 Å². The van der Waals surface area contributed by atoms with Gasteiger partial charge in [-0.2, -0.15) is 0 Å². The molecule has 4 rings (SSSR count). The van der Waals surface area contributed by atoms with E-state index in [1.54, 1.807) is 48.5 Å². The molecule has 3 aromatic carbocycles. The summed E-state index contributed by atoms with van der Waals surface area (Å²) < 4.78 is 39.7. The molecule has 1 aliphatic rings. The zero-order chi connectivity index (χ0) is 21.1. The number of halogens is 1. The number of hydrogen-bond acceptors (Lipinski definition) is 5. The number of rotatable bonds is 5. The van der Waals surface area contributed by atoms with Crippen LogP contribution in [0.3, 0.4) is 0 Å². The monoisotopic (exact) mass is 488 g/mol. The predicted molar refractivity (Wildman–Crippen MR) is 117 cm³/mol. The smallest absolute Gasteiger partial charge is 0.261 e. The fourth-order valence-electron chi connectivity index (χ4n) is 2.86. The van der Waals surface area contributed by atoms with Crippen molar-refractivity contribution in [2.45, 2.75) is 4.90 Å². The van der Waals surface area contributed by atoms with Crippen molar-refractivity contribution in [1.29, 1.82) is 0 Å². The second-order valence-corrected chi connectivity index (χ2v) is 9.05. The van der Waals surface area contributed by atoms with Gasteiger partial charge >= 0.3 is 0 Å². The maximum Gasteiger partial charge on any atom is 0.261 e. The van der Waals surface area contributed by atoms with Gasteiger partial charge in [-0.25, -0.2) is 8.42 Å². The molecule has 1 amide bonds. The lowest BCUT2D eigenvalue weighted by atomic mass is 10.2. The highest BCUT2D eigenvalue weighted by molar-refractivity contribution is 9.10. The fourth-order valence-corrected chi connectivity index (χ4v) is 4.23. The zero-order valence-corrected chi connectivity index (χ0v) is 18.0. The Balaban J connectivity index is 1.52. The van der Waals surface area contributed by atoms with Crippen LogP contribution in [0, 0.1) is 0 Å². The molecule has 0 saturated carbocycles. The van der Waals surface area contributed by atoms with E-state index in [9.17, 15) is 13.2 Å². The topological polar surface area (TPSA) is 93.7 Å². The minimum atomic E-state index is -3.85. The Morgan fingerprint density at radius 3 is 2.33 bits per heavy atom. The standard InChI is InChI=1S/C21H17BrN2O5S/c22-15-4-6-16(7-5-15)24-30(26,27)18-3-1-2-14(12-18)21(25)23-17-8-9-19-20(13-17)29-11-10-28-19/h1-9,12-13,24H,10-11H2,(H,23,25). The molecule has 9 heteroatoms. The minimum absolute atomic E-state index is 0.0137. The molecule has 154 valence electrons. The van der Waals surface area contributed by atoms with Crippen LogP contribution in [-0.4, -0.2) is 27.5 Å². The Kier molecular flexibility index (Phi) is 5.65. The van der Waals surface area contributed by atoms with Crippen LogP contribution in [0.15, 0.2) is 76.1 Å². The fraction of sp³-hybridized carbons (Fsp3) is 0.0952. The van der Waals surface area contributed by atoms with Crippen molar-refractivity contribution in [1.82, 2.24) is 0 Å². The van der Waals surface area contributed by atoms with Crippen LogP contribution >= 0.6 is 15.9 Å². The molecule has 0 aromatic heterocycles. The van der Waals surface area contributed by atoms with Gasteiger partial charge in [0.25, 0.3) is 15.9 Å². The first-order valence-electron chi connectivity index (χ1n) is 9.00.